The molecule has 0 aromatic heterocycles. The molecule has 0 bridgehead atoms. The summed E-state index contributed by atoms with van der Waals surface area (Å²) in [6, 6.07) is 8.40. The molecule has 0 atom stereocenters. The molecule has 0 aliphatic carbocycles. The number of nitrogens with zero attached hydrogens (tertiary/aromatic N) is 1. The predicted octanol–water partition coefficient (Wildman–Crippen LogP) is 0.955. The number of carbonyl (C=O) groups is 3. The Bertz CT molecular complexity index is 463. The van der Waals surface area contributed by atoms with Gasteiger partial charge in [-0.2, -0.15) is 0 Å². The molecule has 0 unspecified atom stereocenters. The van der Waals surface area contributed by atoms with Crippen molar-refractivity contribution in [1.29, 1.82) is 0 Å². The first-order valence-electron chi connectivity index (χ1n) is 4.80. The van der Waals surface area contributed by atoms with Gasteiger partial charge in [0, 0.05) is 4.90 Å². The lowest BCUT2D eigenvalue weighted by Crippen LogP contribution is -2.42. The maximum Gasteiger partial charge on any atom is 0.343 e. The van der Waals surface area contributed by atoms with Crippen LogP contribution in [0, 0.1) is 0 Å². The first-order chi connectivity index (χ1) is 8.15. The van der Waals surface area contributed by atoms with E-state index < -0.39 is 17.2 Å². The fourth-order valence-corrected chi connectivity index (χ4v) is 1.92. The Hall–Kier alpha value is -2.02. The van der Waals surface area contributed by atoms with Gasteiger partial charge in [0.1, 0.15) is 6.54 Å². The first kappa shape index (κ1) is 11.5. The molecule has 88 valence electrons. The normalized spacial score (nSPS) is 14.7. The fraction of sp³-hybridized carbons (Fsp3) is 0.100. The first-order valence-corrected chi connectivity index (χ1v) is 5.61. The van der Waals surface area contributed by atoms with Crippen molar-refractivity contribution < 1.29 is 14.4 Å². The Morgan fingerprint density at radius 2 is 2.00 bits per heavy atom. The maximum absolute atomic E-state index is 11.5. The minimum Gasteiger partial charge on any atom is -0.275 e. The maximum atomic E-state index is 11.5. The number of amides is 4. The second-order valence-electron chi connectivity index (χ2n) is 3.25. The number of rotatable bonds is 2. The Morgan fingerprint density at radius 3 is 2.59 bits per heavy atom. The molecule has 1 fully saturated rings. The zero-order chi connectivity index (χ0) is 12.3. The summed E-state index contributed by atoms with van der Waals surface area (Å²) in [6.07, 6.45) is 0. The Labute approximate surface area is 101 Å². The van der Waals surface area contributed by atoms with Gasteiger partial charge in [-0.1, -0.05) is 18.2 Å². The highest BCUT2D eigenvalue weighted by Crippen LogP contribution is 2.17. The Balaban J connectivity index is 1.90. The van der Waals surface area contributed by atoms with E-state index in [0.29, 0.717) is 0 Å². The lowest BCUT2D eigenvalue weighted by atomic mass is 10.4. The van der Waals surface area contributed by atoms with Crippen molar-refractivity contribution >= 4 is 28.9 Å². The van der Waals surface area contributed by atoms with E-state index in [1.54, 1.807) is 12.1 Å². The molecule has 6 nitrogen and oxygen atoms in total. The van der Waals surface area contributed by atoms with Gasteiger partial charge in [-0.05, 0) is 23.9 Å². The molecule has 1 aromatic carbocycles. The van der Waals surface area contributed by atoms with Crippen molar-refractivity contribution in [1.82, 2.24) is 15.8 Å². The summed E-state index contributed by atoms with van der Waals surface area (Å²) < 4.78 is 0. The largest absolute Gasteiger partial charge is 0.343 e. The van der Waals surface area contributed by atoms with Crippen LogP contribution in [-0.2, 0) is 4.79 Å². The quantitative estimate of drug-likeness (QED) is 0.606. The molecule has 2 N–H and O–H groups in total. The summed E-state index contributed by atoms with van der Waals surface area (Å²) in [5.74, 6) is -0.431. The number of imide groups is 1. The van der Waals surface area contributed by atoms with Crippen molar-refractivity contribution in [2.24, 2.45) is 0 Å². The predicted molar refractivity (Wildman–Crippen MR) is 61.1 cm³/mol. The standard InChI is InChI=1S/C10H9N3O3S/c14-8-6-13(9(15)11-8)12-10(16)17-7-4-2-1-3-5-7/h1-5H,6H2,(H,12,16)(H,11,14,15). The lowest BCUT2D eigenvalue weighted by molar-refractivity contribution is -0.118. The number of carbonyl (C=O) groups excluding carboxylic acids is 3. The van der Waals surface area contributed by atoms with Crippen LogP contribution in [0.5, 0.6) is 0 Å². The highest BCUT2D eigenvalue weighted by atomic mass is 32.2. The number of hydrogen-bond donors (Lipinski definition) is 2. The summed E-state index contributed by atoms with van der Waals surface area (Å²) >= 11 is 0.951. The third-order valence-corrected chi connectivity index (χ3v) is 2.76. The van der Waals surface area contributed by atoms with E-state index in [1.165, 1.54) is 0 Å². The average Bonchev–Trinajstić information content (AvgIpc) is 2.58. The van der Waals surface area contributed by atoms with Crippen LogP contribution < -0.4 is 10.7 Å². The molecule has 17 heavy (non-hydrogen) atoms. The van der Waals surface area contributed by atoms with Crippen LogP contribution >= 0.6 is 11.8 Å². The van der Waals surface area contributed by atoms with Crippen LogP contribution in [-0.4, -0.2) is 28.7 Å². The van der Waals surface area contributed by atoms with Gasteiger partial charge in [0.05, 0.1) is 0 Å². The van der Waals surface area contributed by atoms with E-state index in [9.17, 15) is 14.4 Å². The molecule has 1 saturated heterocycles. The molecule has 0 spiro atoms. The van der Waals surface area contributed by atoms with Crippen molar-refractivity contribution in [3.63, 3.8) is 0 Å². The zero-order valence-corrected chi connectivity index (χ0v) is 9.49. The molecule has 1 aliphatic heterocycles. The molecular formula is C10H9N3O3S. The zero-order valence-electron chi connectivity index (χ0n) is 8.67. The summed E-state index contributed by atoms with van der Waals surface area (Å²) in [6.45, 7) is -0.153. The van der Waals surface area contributed by atoms with Gasteiger partial charge in [0.15, 0.2) is 0 Å². The van der Waals surface area contributed by atoms with Crippen molar-refractivity contribution in [2.75, 3.05) is 6.54 Å². The third kappa shape index (κ3) is 2.97. The molecule has 1 aliphatic rings. The number of urea groups is 1. The minimum absolute atomic E-state index is 0.153. The lowest BCUT2D eigenvalue weighted by Gasteiger charge is -2.13. The van der Waals surface area contributed by atoms with Crippen LogP contribution in [0.15, 0.2) is 35.2 Å². The number of hydrogen-bond acceptors (Lipinski definition) is 4. The summed E-state index contributed by atoms with van der Waals surface area (Å²) in [7, 11) is 0. The van der Waals surface area contributed by atoms with Gasteiger partial charge < -0.3 is 0 Å². The van der Waals surface area contributed by atoms with Crippen LogP contribution in [0.1, 0.15) is 0 Å². The summed E-state index contributed by atoms with van der Waals surface area (Å²) in [5, 5.41) is 2.59. The molecule has 0 saturated carbocycles. The van der Waals surface area contributed by atoms with E-state index in [0.717, 1.165) is 21.7 Å². The SMILES string of the molecule is O=C1CN(NC(=O)Sc2ccccc2)C(=O)N1. The van der Waals surface area contributed by atoms with Gasteiger partial charge in [-0.15, -0.1) is 0 Å². The smallest absolute Gasteiger partial charge is 0.275 e. The van der Waals surface area contributed by atoms with Crippen molar-refractivity contribution in [3.8, 4) is 0 Å². The second-order valence-corrected chi connectivity index (χ2v) is 4.30. The van der Waals surface area contributed by atoms with Gasteiger partial charge in [-0.25, -0.2) is 9.80 Å². The van der Waals surface area contributed by atoms with Crippen LogP contribution in [0.4, 0.5) is 9.59 Å². The minimum atomic E-state index is -0.614. The summed E-state index contributed by atoms with van der Waals surface area (Å²) in [4.78, 5) is 34.3. The summed E-state index contributed by atoms with van der Waals surface area (Å²) in [5.41, 5.74) is 2.33. The molecule has 1 heterocycles. The molecule has 2 rings (SSSR count). The Kier molecular flexibility index (Phi) is 3.29. The Morgan fingerprint density at radius 1 is 1.29 bits per heavy atom. The topological polar surface area (TPSA) is 78.5 Å². The number of hydrazine groups is 1. The van der Waals surface area contributed by atoms with Crippen LogP contribution in [0.2, 0.25) is 0 Å². The monoisotopic (exact) mass is 251 g/mol. The number of benzene rings is 1. The molecule has 1 aromatic rings. The van der Waals surface area contributed by atoms with E-state index in [1.807, 2.05) is 18.2 Å². The fourth-order valence-electron chi connectivity index (χ4n) is 1.26. The van der Waals surface area contributed by atoms with Crippen LogP contribution in [0.25, 0.3) is 0 Å². The van der Waals surface area contributed by atoms with Gasteiger partial charge in [0.2, 0.25) is 5.91 Å². The molecule has 4 amide bonds. The third-order valence-electron chi connectivity index (χ3n) is 1.97. The average molecular weight is 251 g/mol. The van der Waals surface area contributed by atoms with Gasteiger partial charge >= 0.3 is 11.3 Å². The van der Waals surface area contributed by atoms with E-state index >= 15 is 0 Å². The molecule has 7 heteroatoms. The second kappa shape index (κ2) is 4.88. The van der Waals surface area contributed by atoms with E-state index in [2.05, 4.69) is 10.7 Å². The van der Waals surface area contributed by atoms with Gasteiger partial charge in [-0.3, -0.25) is 20.3 Å². The van der Waals surface area contributed by atoms with Crippen molar-refractivity contribution in [3.05, 3.63) is 30.3 Å². The number of thioether (sulfide) groups is 1. The molecular weight excluding hydrogens is 242 g/mol. The molecule has 0 radical (unpaired) electrons. The van der Waals surface area contributed by atoms with Crippen LogP contribution in [0.3, 0.4) is 0 Å². The highest BCUT2D eigenvalue weighted by Gasteiger charge is 2.28. The number of nitrogens with one attached hydrogen (secondary N) is 2. The highest BCUT2D eigenvalue weighted by molar-refractivity contribution is 8.13. The van der Waals surface area contributed by atoms with Gasteiger partial charge in [0.25, 0.3) is 0 Å². The van der Waals surface area contributed by atoms with Crippen molar-refractivity contribution in [2.45, 2.75) is 4.90 Å². The van der Waals surface area contributed by atoms with E-state index in [-0.39, 0.29) is 6.54 Å². The van der Waals surface area contributed by atoms with E-state index in [4.69, 9.17) is 0 Å².